The Balaban J connectivity index is 1.92. The molecule has 0 unspecified atom stereocenters. The number of hydrogen-bond donors (Lipinski definition) is 3. The zero-order valence-electron chi connectivity index (χ0n) is 17.4. The van der Waals surface area contributed by atoms with Crippen LogP contribution < -0.4 is 20.7 Å². The first kappa shape index (κ1) is 20.8. The first-order valence-corrected chi connectivity index (χ1v) is 9.55. The van der Waals surface area contributed by atoms with E-state index in [9.17, 15) is 10.1 Å². The Kier molecular flexibility index (Phi) is 5.61. The molecule has 9 nitrogen and oxygen atoms in total. The molecule has 9 heteroatoms. The highest BCUT2D eigenvalue weighted by Crippen LogP contribution is 2.36. The van der Waals surface area contributed by atoms with Gasteiger partial charge in [-0.05, 0) is 52.7 Å². The molecule has 156 valence electrons. The van der Waals surface area contributed by atoms with Crippen molar-refractivity contribution >= 4 is 23.0 Å². The molecule has 1 aliphatic rings. The molecule has 0 bridgehead atoms. The summed E-state index contributed by atoms with van der Waals surface area (Å²) in [6, 6.07) is 7.22. The molecule has 1 aliphatic heterocycles. The van der Waals surface area contributed by atoms with Gasteiger partial charge in [-0.3, -0.25) is 10.1 Å². The Hall–Kier alpha value is -2.94. The van der Waals surface area contributed by atoms with E-state index < -0.39 is 4.92 Å². The van der Waals surface area contributed by atoms with Crippen LogP contribution in [0.5, 0.6) is 5.75 Å². The number of nitro groups is 1. The molecule has 1 aromatic carbocycles. The topological polar surface area (TPSA) is 114 Å². The van der Waals surface area contributed by atoms with Crippen molar-refractivity contribution in [3.8, 4) is 5.75 Å². The van der Waals surface area contributed by atoms with E-state index in [1.165, 1.54) is 6.33 Å². The van der Waals surface area contributed by atoms with E-state index in [4.69, 9.17) is 4.74 Å². The number of anilines is 3. The lowest BCUT2D eigenvalue weighted by Crippen LogP contribution is -2.60. The predicted molar refractivity (Wildman–Crippen MR) is 113 cm³/mol. The summed E-state index contributed by atoms with van der Waals surface area (Å²) in [7, 11) is 1.54. The van der Waals surface area contributed by atoms with Crippen LogP contribution in [-0.4, -0.2) is 39.1 Å². The van der Waals surface area contributed by atoms with Crippen molar-refractivity contribution in [2.45, 2.75) is 57.7 Å². The monoisotopic (exact) mass is 400 g/mol. The number of hydrogen-bond acceptors (Lipinski definition) is 8. The van der Waals surface area contributed by atoms with Gasteiger partial charge in [-0.25, -0.2) is 9.97 Å². The Morgan fingerprint density at radius 3 is 2.38 bits per heavy atom. The number of aromatic nitrogens is 2. The molecule has 0 aliphatic carbocycles. The summed E-state index contributed by atoms with van der Waals surface area (Å²) in [5.41, 5.74) is 0.207. The van der Waals surface area contributed by atoms with Gasteiger partial charge in [-0.15, -0.1) is 0 Å². The average molecular weight is 400 g/mol. The third-order valence-electron chi connectivity index (χ3n) is 4.90. The van der Waals surface area contributed by atoms with Crippen molar-refractivity contribution in [2.75, 3.05) is 17.7 Å². The Morgan fingerprint density at radius 2 is 1.76 bits per heavy atom. The van der Waals surface area contributed by atoms with Gasteiger partial charge in [0.25, 0.3) is 0 Å². The van der Waals surface area contributed by atoms with Crippen LogP contribution in [0.15, 0.2) is 30.6 Å². The first-order chi connectivity index (χ1) is 13.6. The fourth-order valence-corrected chi connectivity index (χ4v) is 4.24. The number of methoxy groups -OCH3 is 1. The molecule has 0 spiro atoms. The van der Waals surface area contributed by atoms with Gasteiger partial charge in [-0.1, -0.05) is 12.1 Å². The van der Waals surface area contributed by atoms with Gasteiger partial charge in [-0.2, -0.15) is 0 Å². The second-order valence-electron chi connectivity index (χ2n) is 8.64. The SMILES string of the molecule is COc1ccccc1Nc1ncnc(NC2CC(C)(C)NC(C)(C)C2)c1[N+](=O)[O-]. The molecule has 3 rings (SSSR count). The van der Waals surface area contributed by atoms with Crippen LogP contribution in [0.3, 0.4) is 0 Å². The molecule has 29 heavy (non-hydrogen) atoms. The van der Waals surface area contributed by atoms with E-state index in [1.54, 1.807) is 19.2 Å². The zero-order valence-corrected chi connectivity index (χ0v) is 17.4. The number of rotatable bonds is 6. The fourth-order valence-electron chi connectivity index (χ4n) is 4.24. The van der Waals surface area contributed by atoms with Crippen LogP contribution in [0.2, 0.25) is 0 Å². The minimum Gasteiger partial charge on any atom is -0.495 e. The molecule has 0 atom stereocenters. The van der Waals surface area contributed by atoms with Gasteiger partial charge in [0.05, 0.1) is 17.7 Å². The highest BCUT2D eigenvalue weighted by Gasteiger charge is 2.38. The number of para-hydroxylation sites is 2. The van der Waals surface area contributed by atoms with Crippen LogP contribution in [0.1, 0.15) is 40.5 Å². The zero-order chi connectivity index (χ0) is 21.2. The Morgan fingerprint density at radius 1 is 1.14 bits per heavy atom. The van der Waals surface area contributed by atoms with E-state index in [2.05, 4.69) is 53.6 Å². The van der Waals surface area contributed by atoms with Gasteiger partial charge in [0.1, 0.15) is 12.1 Å². The molecule has 2 aromatic rings. The molecule has 1 fully saturated rings. The van der Waals surface area contributed by atoms with Crippen LogP contribution in [0.25, 0.3) is 0 Å². The molecule has 2 heterocycles. The van der Waals surface area contributed by atoms with Crippen molar-refractivity contribution in [2.24, 2.45) is 0 Å². The van der Waals surface area contributed by atoms with Crippen LogP contribution >= 0.6 is 0 Å². The van der Waals surface area contributed by atoms with Crippen molar-refractivity contribution in [1.82, 2.24) is 15.3 Å². The number of piperidine rings is 1. The third-order valence-corrected chi connectivity index (χ3v) is 4.90. The second-order valence-corrected chi connectivity index (χ2v) is 8.64. The minimum absolute atomic E-state index is 0.0361. The number of nitrogens with one attached hydrogen (secondary N) is 3. The van der Waals surface area contributed by atoms with Gasteiger partial charge < -0.3 is 20.7 Å². The van der Waals surface area contributed by atoms with Crippen LogP contribution in [0, 0.1) is 10.1 Å². The van der Waals surface area contributed by atoms with Crippen molar-refractivity contribution in [3.63, 3.8) is 0 Å². The van der Waals surface area contributed by atoms with Crippen molar-refractivity contribution in [1.29, 1.82) is 0 Å². The van der Waals surface area contributed by atoms with E-state index in [1.807, 2.05) is 12.1 Å². The highest BCUT2D eigenvalue weighted by molar-refractivity contribution is 5.76. The summed E-state index contributed by atoms with van der Waals surface area (Å²) in [5, 5.41) is 21.8. The highest BCUT2D eigenvalue weighted by atomic mass is 16.6. The van der Waals surface area contributed by atoms with E-state index in [0.717, 1.165) is 12.8 Å². The van der Waals surface area contributed by atoms with Crippen molar-refractivity contribution in [3.05, 3.63) is 40.7 Å². The summed E-state index contributed by atoms with van der Waals surface area (Å²) in [6.07, 6.45) is 2.95. The molecule has 0 radical (unpaired) electrons. The lowest BCUT2D eigenvalue weighted by molar-refractivity contribution is -0.383. The van der Waals surface area contributed by atoms with E-state index >= 15 is 0 Å². The Bertz CT molecular complexity index is 884. The lowest BCUT2D eigenvalue weighted by atomic mass is 9.79. The quantitative estimate of drug-likeness (QED) is 0.495. The van der Waals surface area contributed by atoms with Gasteiger partial charge >= 0.3 is 5.69 Å². The van der Waals surface area contributed by atoms with Crippen molar-refractivity contribution < 1.29 is 9.66 Å². The minimum atomic E-state index is -0.461. The molecule has 3 N–H and O–H groups in total. The molecule has 0 saturated carbocycles. The average Bonchev–Trinajstić information content (AvgIpc) is 2.59. The predicted octanol–water partition coefficient (Wildman–Crippen LogP) is 3.86. The smallest absolute Gasteiger partial charge is 0.353 e. The summed E-state index contributed by atoms with van der Waals surface area (Å²) in [4.78, 5) is 19.7. The fraction of sp³-hybridized carbons (Fsp3) is 0.500. The third kappa shape index (κ3) is 4.92. The second kappa shape index (κ2) is 7.82. The molecular formula is C20H28N6O3. The van der Waals surface area contributed by atoms with Crippen LogP contribution in [-0.2, 0) is 0 Å². The molecule has 1 saturated heterocycles. The summed E-state index contributed by atoms with van der Waals surface area (Å²) in [6.45, 7) is 8.52. The van der Waals surface area contributed by atoms with Gasteiger partial charge in [0, 0.05) is 17.1 Å². The molecule has 0 amide bonds. The van der Waals surface area contributed by atoms with E-state index in [0.29, 0.717) is 11.4 Å². The number of ether oxygens (including phenoxy) is 1. The Labute approximate surface area is 170 Å². The van der Waals surface area contributed by atoms with Gasteiger partial charge in [0.2, 0.25) is 11.6 Å². The standard InChI is InChI=1S/C20H28N6O3/c1-19(2)10-13(11-20(3,4)25-19)23-17-16(26(27)28)18(22-12-21-17)24-14-8-6-7-9-15(14)29-5/h6-9,12-13,25H,10-11H2,1-5H3,(H2,21,22,23,24). The largest absolute Gasteiger partial charge is 0.495 e. The normalized spacial score (nSPS) is 18.1. The first-order valence-electron chi connectivity index (χ1n) is 9.55. The van der Waals surface area contributed by atoms with E-state index in [-0.39, 0.29) is 34.4 Å². The maximum atomic E-state index is 11.9. The number of benzene rings is 1. The summed E-state index contributed by atoms with van der Waals surface area (Å²) in [5.74, 6) is 0.891. The lowest BCUT2D eigenvalue weighted by Gasteiger charge is -2.46. The molecule has 1 aromatic heterocycles. The summed E-state index contributed by atoms with van der Waals surface area (Å²) >= 11 is 0. The van der Waals surface area contributed by atoms with Crippen LogP contribution in [0.4, 0.5) is 23.0 Å². The molecular weight excluding hydrogens is 372 g/mol. The number of nitrogens with zero attached hydrogens (tertiary/aromatic N) is 3. The maximum absolute atomic E-state index is 11.9. The summed E-state index contributed by atoms with van der Waals surface area (Å²) < 4.78 is 5.32. The maximum Gasteiger partial charge on any atom is 0.353 e. The van der Waals surface area contributed by atoms with Gasteiger partial charge in [0.15, 0.2) is 0 Å².